The van der Waals surface area contributed by atoms with E-state index in [0.29, 0.717) is 48.9 Å². The first kappa shape index (κ1) is 21.7. The van der Waals surface area contributed by atoms with E-state index in [1.807, 2.05) is 6.92 Å². The van der Waals surface area contributed by atoms with E-state index in [4.69, 9.17) is 25.8 Å². The van der Waals surface area contributed by atoms with Gasteiger partial charge in [-0.2, -0.15) is 4.31 Å². The molecule has 2 aliphatic rings. The van der Waals surface area contributed by atoms with Crippen LogP contribution in [0, 0.1) is 5.92 Å². The zero-order valence-corrected chi connectivity index (χ0v) is 18.5. The van der Waals surface area contributed by atoms with E-state index in [1.165, 1.54) is 16.4 Å². The summed E-state index contributed by atoms with van der Waals surface area (Å²) in [5.41, 5.74) is 0.576. The van der Waals surface area contributed by atoms with Gasteiger partial charge < -0.3 is 19.5 Å². The number of halogens is 1. The SMILES string of the molecule is CCOc1ccc(S(=O)(=O)N2CCCC(C(=O)Nc3ccc4c(c3)OCO4)C2)cc1Cl. The maximum atomic E-state index is 13.1. The van der Waals surface area contributed by atoms with E-state index < -0.39 is 15.9 Å². The van der Waals surface area contributed by atoms with Gasteiger partial charge in [0.05, 0.1) is 22.4 Å². The Balaban J connectivity index is 1.46. The van der Waals surface area contributed by atoms with Crippen molar-refractivity contribution < 1.29 is 27.4 Å². The van der Waals surface area contributed by atoms with Crippen molar-refractivity contribution in [2.45, 2.75) is 24.7 Å². The molecule has 0 radical (unpaired) electrons. The molecule has 1 fully saturated rings. The van der Waals surface area contributed by atoms with Gasteiger partial charge in [-0.15, -0.1) is 0 Å². The van der Waals surface area contributed by atoms with Crippen molar-refractivity contribution in [2.24, 2.45) is 5.92 Å². The van der Waals surface area contributed by atoms with Crippen molar-refractivity contribution in [2.75, 3.05) is 31.8 Å². The molecule has 2 aromatic rings. The molecule has 0 aromatic heterocycles. The minimum absolute atomic E-state index is 0.0813. The van der Waals surface area contributed by atoms with Crippen LogP contribution in [0.2, 0.25) is 5.02 Å². The average molecular weight is 467 g/mol. The highest BCUT2D eigenvalue weighted by Crippen LogP contribution is 2.35. The lowest BCUT2D eigenvalue weighted by Crippen LogP contribution is -2.43. The number of carbonyl (C=O) groups is 1. The van der Waals surface area contributed by atoms with E-state index in [0.717, 1.165) is 0 Å². The van der Waals surface area contributed by atoms with Crippen molar-refractivity contribution in [1.82, 2.24) is 4.31 Å². The Labute approximate surface area is 186 Å². The lowest BCUT2D eigenvalue weighted by molar-refractivity contribution is -0.120. The zero-order valence-electron chi connectivity index (χ0n) is 17.0. The second-order valence-electron chi connectivity index (χ2n) is 7.28. The third-order valence-electron chi connectivity index (χ3n) is 5.24. The van der Waals surface area contributed by atoms with Crippen molar-refractivity contribution in [3.05, 3.63) is 41.4 Å². The molecule has 1 N–H and O–H groups in total. The van der Waals surface area contributed by atoms with Gasteiger partial charge in [-0.1, -0.05) is 11.6 Å². The monoisotopic (exact) mass is 466 g/mol. The summed E-state index contributed by atoms with van der Waals surface area (Å²) in [4.78, 5) is 12.9. The van der Waals surface area contributed by atoms with Crippen LogP contribution in [0.4, 0.5) is 5.69 Å². The van der Waals surface area contributed by atoms with Crippen LogP contribution in [-0.2, 0) is 14.8 Å². The molecule has 1 unspecified atom stereocenters. The lowest BCUT2D eigenvalue weighted by atomic mass is 9.98. The van der Waals surface area contributed by atoms with Gasteiger partial charge in [0.25, 0.3) is 0 Å². The molecule has 2 heterocycles. The normalized spacial score (nSPS) is 18.6. The summed E-state index contributed by atoms with van der Waals surface area (Å²) >= 11 is 6.17. The van der Waals surface area contributed by atoms with Gasteiger partial charge in [0, 0.05) is 24.8 Å². The molecular weight excluding hydrogens is 444 g/mol. The highest BCUT2D eigenvalue weighted by Gasteiger charge is 2.34. The Hall–Kier alpha value is -2.49. The molecule has 8 nitrogen and oxygen atoms in total. The van der Waals surface area contributed by atoms with Gasteiger partial charge in [0.2, 0.25) is 22.7 Å². The van der Waals surface area contributed by atoms with Crippen LogP contribution in [0.3, 0.4) is 0 Å². The van der Waals surface area contributed by atoms with Gasteiger partial charge in [-0.3, -0.25) is 4.79 Å². The summed E-state index contributed by atoms with van der Waals surface area (Å²) in [6.07, 6.45) is 1.19. The summed E-state index contributed by atoms with van der Waals surface area (Å²) in [6.45, 7) is 2.85. The van der Waals surface area contributed by atoms with E-state index in [-0.39, 0.29) is 29.2 Å². The number of fused-ring (bicyclic) bond motifs is 1. The van der Waals surface area contributed by atoms with Gasteiger partial charge in [0.1, 0.15) is 5.75 Å². The minimum atomic E-state index is -3.79. The van der Waals surface area contributed by atoms with Crippen LogP contribution < -0.4 is 19.5 Å². The fourth-order valence-electron chi connectivity index (χ4n) is 3.66. The molecule has 1 saturated heterocycles. The molecule has 31 heavy (non-hydrogen) atoms. The van der Waals surface area contributed by atoms with E-state index in [9.17, 15) is 13.2 Å². The topological polar surface area (TPSA) is 94.2 Å². The van der Waals surface area contributed by atoms with Crippen LogP contribution in [0.15, 0.2) is 41.3 Å². The van der Waals surface area contributed by atoms with E-state index in [2.05, 4.69) is 5.32 Å². The van der Waals surface area contributed by atoms with Crippen LogP contribution in [0.25, 0.3) is 0 Å². The summed E-state index contributed by atoms with van der Waals surface area (Å²) in [7, 11) is -3.79. The predicted molar refractivity (Wildman–Crippen MR) is 115 cm³/mol. The molecule has 1 atom stereocenters. The molecular formula is C21H23ClN2O6S. The number of nitrogens with zero attached hydrogens (tertiary/aromatic N) is 1. The molecule has 0 saturated carbocycles. The van der Waals surface area contributed by atoms with Gasteiger partial charge >= 0.3 is 0 Å². The van der Waals surface area contributed by atoms with Gasteiger partial charge in [-0.25, -0.2) is 8.42 Å². The number of benzene rings is 2. The third-order valence-corrected chi connectivity index (χ3v) is 7.39. The Morgan fingerprint density at radius 2 is 2.03 bits per heavy atom. The average Bonchev–Trinajstić information content (AvgIpc) is 3.23. The molecule has 0 spiro atoms. The number of hydrogen-bond acceptors (Lipinski definition) is 6. The molecule has 2 aliphatic heterocycles. The van der Waals surface area contributed by atoms with E-state index in [1.54, 1.807) is 24.3 Å². The molecule has 2 aromatic carbocycles. The fraction of sp³-hybridized carbons (Fsp3) is 0.381. The molecule has 1 amide bonds. The summed E-state index contributed by atoms with van der Waals surface area (Å²) in [6, 6.07) is 9.56. The van der Waals surface area contributed by atoms with Gasteiger partial charge in [-0.05, 0) is 50.1 Å². The largest absolute Gasteiger partial charge is 0.492 e. The second-order valence-corrected chi connectivity index (χ2v) is 9.63. The molecule has 0 aliphatic carbocycles. The Kier molecular flexibility index (Phi) is 6.27. The quantitative estimate of drug-likeness (QED) is 0.700. The maximum Gasteiger partial charge on any atom is 0.243 e. The number of hydrogen-bond donors (Lipinski definition) is 1. The van der Waals surface area contributed by atoms with Crippen molar-refractivity contribution >= 4 is 33.2 Å². The number of carbonyl (C=O) groups excluding carboxylic acids is 1. The Morgan fingerprint density at radius 3 is 2.81 bits per heavy atom. The number of ether oxygens (including phenoxy) is 3. The summed E-state index contributed by atoms with van der Waals surface area (Å²) < 4.78 is 43.6. The number of amides is 1. The van der Waals surface area contributed by atoms with Crippen LogP contribution in [0.5, 0.6) is 17.2 Å². The zero-order chi connectivity index (χ0) is 22.0. The lowest BCUT2D eigenvalue weighted by Gasteiger charge is -2.31. The summed E-state index contributed by atoms with van der Waals surface area (Å²) in [5, 5.41) is 3.08. The number of piperidine rings is 1. The minimum Gasteiger partial charge on any atom is -0.492 e. The van der Waals surface area contributed by atoms with E-state index >= 15 is 0 Å². The number of sulfonamides is 1. The van der Waals surface area contributed by atoms with Crippen molar-refractivity contribution in [1.29, 1.82) is 0 Å². The molecule has 0 bridgehead atoms. The fourth-order valence-corrected chi connectivity index (χ4v) is 5.51. The summed E-state index contributed by atoms with van der Waals surface area (Å²) in [5.74, 6) is 0.929. The van der Waals surface area contributed by atoms with Crippen molar-refractivity contribution in [3.8, 4) is 17.2 Å². The molecule has 166 valence electrons. The number of anilines is 1. The maximum absolute atomic E-state index is 13.1. The van der Waals surface area contributed by atoms with Crippen molar-refractivity contribution in [3.63, 3.8) is 0 Å². The highest BCUT2D eigenvalue weighted by molar-refractivity contribution is 7.89. The van der Waals surface area contributed by atoms with Gasteiger partial charge in [0.15, 0.2) is 11.5 Å². The first-order valence-corrected chi connectivity index (χ1v) is 11.8. The van der Waals surface area contributed by atoms with Crippen LogP contribution in [-0.4, -0.2) is 45.1 Å². The second kappa shape index (κ2) is 8.94. The molecule has 4 rings (SSSR count). The first-order chi connectivity index (χ1) is 14.9. The Bertz CT molecular complexity index is 1090. The smallest absolute Gasteiger partial charge is 0.243 e. The number of rotatable bonds is 6. The third kappa shape index (κ3) is 4.58. The van der Waals surface area contributed by atoms with Crippen LogP contribution in [0.1, 0.15) is 19.8 Å². The van der Waals surface area contributed by atoms with Crippen LogP contribution >= 0.6 is 11.6 Å². The number of nitrogens with one attached hydrogen (secondary N) is 1. The Morgan fingerprint density at radius 1 is 1.23 bits per heavy atom. The predicted octanol–water partition coefficient (Wildman–Crippen LogP) is 3.51. The molecule has 10 heteroatoms. The first-order valence-electron chi connectivity index (χ1n) is 10.0. The standard InChI is InChI=1S/C21H23ClN2O6S/c1-2-28-18-8-6-16(11-17(18)22)31(26,27)24-9-3-4-14(12-24)21(25)23-15-5-7-19-20(10-15)30-13-29-19/h5-8,10-11,14H,2-4,9,12-13H2,1H3,(H,23,25). The highest BCUT2D eigenvalue weighted by atomic mass is 35.5.